The third kappa shape index (κ3) is 4.88. The van der Waals surface area contributed by atoms with Crippen LogP contribution in [0.25, 0.3) is 0 Å². The van der Waals surface area contributed by atoms with E-state index in [1.165, 1.54) is 0 Å². The number of aliphatic hydroxyl groups is 1. The van der Waals surface area contributed by atoms with Crippen LogP contribution < -0.4 is 10.1 Å². The Morgan fingerprint density at radius 3 is 2.56 bits per heavy atom. The first-order valence-electron chi connectivity index (χ1n) is 5.87. The summed E-state index contributed by atoms with van der Waals surface area (Å²) in [6, 6.07) is 4.25. The molecule has 0 saturated carbocycles. The van der Waals surface area contributed by atoms with Gasteiger partial charge in [-0.05, 0) is 48.3 Å². The molecule has 0 bridgehead atoms. The molecule has 18 heavy (non-hydrogen) atoms. The highest BCUT2D eigenvalue weighted by Gasteiger charge is 2.11. The lowest BCUT2D eigenvalue weighted by Crippen LogP contribution is -2.28. The van der Waals surface area contributed by atoms with E-state index in [4.69, 9.17) is 4.74 Å². The summed E-state index contributed by atoms with van der Waals surface area (Å²) in [5.74, 6) is 0.843. The molecular formula is C13H19Br2NO2. The molecule has 0 heterocycles. The molecule has 0 radical (unpaired) electrons. The minimum Gasteiger partial charge on any atom is -0.495 e. The van der Waals surface area contributed by atoms with E-state index in [1.54, 1.807) is 14.0 Å². The van der Waals surface area contributed by atoms with Crippen LogP contribution in [0.4, 0.5) is 0 Å². The number of methoxy groups -OCH3 is 1. The molecule has 1 aromatic carbocycles. The Balaban J connectivity index is 2.72. The predicted octanol–water partition coefficient (Wildman–Crippen LogP) is 3.47. The fourth-order valence-corrected chi connectivity index (χ4v) is 3.33. The number of hydrogen-bond donors (Lipinski definition) is 2. The number of benzene rings is 1. The average molecular weight is 381 g/mol. The quantitative estimate of drug-likeness (QED) is 0.793. The van der Waals surface area contributed by atoms with Gasteiger partial charge in [-0.3, -0.25) is 0 Å². The second-order valence-electron chi connectivity index (χ2n) is 4.45. The SMILES string of the molecule is COc1c(Br)cc(Br)cc1CNC(C)CC(C)O. The van der Waals surface area contributed by atoms with Crippen LogP contribution in [0, 0.1) is 0 Å². The normalized spacial score (nSPS) is 14.3. The molecule has 1 aromatic rings. The van der Waals surface area contributed by atoms with Gasteiger partial charge in [0, 0.05) is 22.6 Å². The second kappa shape index (κ2) is 7.48. The van der Waals surface area contributed by atoms with Crippen molar-refractivity contribution in [2.24, 2.45) is 0 Å². The molecule has 0 aliphatic rings. The zero-order chi connectivity index (χ0) is 13.7. The standard InChI is InChI=1S/C13H19Br2NO2/c1-8(4-9(2)17)16-7-10-5-11(14)6-12(15)13(10)18-3/h5-6,8-9,16-17H,4,7H2,1-3H3. The molecule has 0 aliphatic carbocycles. The van der Waals surface area contributed by atoms with E-state index in [0.717, 1.165) is 26.7 Å². The average Bonchev–Trinajstić information content (AvgIpc) is 2.24. The van der Waals surface area contributed by atoms with Gasteiger partial charge < -0.3 is 15.2 Å². The van der Waals surface area contributed by atoms with Crippen LogP contribution in [0.15, 0.2) is 21.1 Å². The van der Waals surface area contributed by atoms with Gasteiger partial charge >= 0.3 is 0 Å². The highest BCUT2D eigenvalue weighted by atomic mass is 79.9. The summed E-state index contributed by atoms with van der Waals surface area (Å²) in [5, 5.41) is 12.7. The van der Waals surface area contributed by atoms with E-state index in [-0.39, 0.29) is 12.1 Å². The molecule has 0 aromatic heterocycles. The third-order valence-electron chi connectivity index (χ3n) is 2.63. The van der Waals surface area contributed by atoms with Crippen molar-refractivity contribution >= 4 is 31.9 Å². The number of nitrogens with one attached hydrogen (secondary N) is 1. The molecule has 2 N–H and O–H groups in total. The molecule has 2 atom stereocenters. The van der Waals surface area contributed by atoms with Crippen LogP contribution in [-0.4, -0.2) is 24.4 Å². The summed E-state index contributed by atoms with van der Waals surface area (Å²) in [6.45, 7) is 4.57. The van der Waals surface area contributed by atoms with Gasteiger partial charge in [0.05, 0.1) is 17.7 Å². The van der Waals surface area contributed by atoms with Crippen molar-refractivity contribution in [3.05, 3.63) is 26.6 Å². The van der Waals surface area contributed by atoms with Crippen LogP contribution in [0.1, 0.15) is 25.8 Å². The van der Waals surface area contributed by atoms with Crippen molar-refractivity contribution in [1.82, 2.24) is 5.32 Å². The molecule has 2 unspecified atom stereocenters. The van der Waals surface area contributed by atoms with Crippen LogP contribution >= 0.6 is 31.9 Å². The van der Waals surface area contributed by atoms with E-state index in [1.807, 2.05) is 12.1 Å². The smallest absolute Gasteiger partial charge is 0.137 e. The van der Waals surface area contributed by atoms with Crippen molar-refractivity contribution < 1.29 is 9.84 Å². The lowest BCUT2D eigenvalue weighted by Gasteiger charge is -2.17. The molecule has 102 valence electrons. The fourth-order valence-electron chi connectivity index (χ4n) is 1.85. The van der Waals surface area contributed by atoms with Crippen LogP contribution in [0.5, 0.6) is 5.75 Å². The maximum atomic E-state index is 9.33. The third-order valence-corrected chi connectivity index (χ3v) is 3.67. The van der Waals surface area contributed by atoms with E-state index < -0.39 is 0 Å². The second-order valence-corrected chi connectivity index (χ2v) is 6.22. The summed E-state index contributed by atoms with van der Waals surface area (Å²) in [7, 11) is 1.66. The Morgan fingerprint density at radius 1 is 1.33 bits per heavy atom. The molecule has 0 saturated heterocycles. The van der Waals surface area contributed by atoms with Crippen molar-refractivity contribution in [3.8, 4) is 5.75 Å². The van der Waals surface area contributed by atoms with Crippen LogP contribution in [0.3, 0.4) is 0 Å². The Bertz CT molecular complexity index is 397. The van der Waals surface area contributed by atoms with Crippen molar-refractivity contribution in [1.29, 1.82) is 0 Å². The van der Waals surface area contributed by atoms with Gasteiger partial charge in [0.25, 0.3) is 0 Å². The maximum absolute atomic E-state index is 9.33. The first kappa shape index (κ1) is 16.0. The number of halogens is 2. The molecular weight excluding hydrogens is 362 g/mol. The maximum Gasteiger partial charge on any atom is 0.137 e. The van der Waals surface area contributed by atoms with Gasteiger partial charge in [0.15, 0.2) is 0 Å². The van der Waals surface area contributed by atoms with Crippen LogP contribution in [0.2, 0.25) is 0 Å². The van der Waals surface area contributed by atoms with E-state index in [2.05, 4.69) is 44.1 Å². The molecule has 0 aliphatic heterocycles. The monoisotopic (exact) mass is 379 g/mol. The molecule has 0 spiro atoms. The summed E-state index contributed by atoms with van der Waals surface area (Å²) < 4.78 is 7.33. The summed E-state index contributed by atoms with van der Waals surface area (Å²) in [5.41, 5.74) is 1.08. The lowest BCUT2D eigenvalue weighted by atomic mass is 10.1. The highest BCUT2D eigenvalue weighted by molar-refractivity contribution is 9.11. The first-order valence-corrected chi connectivity index (χ1v) is 7.46. The predicted molar refractivity (Wildman–Crippen MR) is 81.0 cm³/mol. The van der Waals surface area contributed by atoms with Crippen molar-refractivity contribution in [3.63, 3.8) is 0 Å². The Kier molecular flexibility index (Phi) is 6.63. The fraction of sp³-hybridized carbons (Fsp3) is 0.538. The molecule has 1 rings (SSSR count). The highest BCUT2D eigenvalue weighted by Crippen LogP contribution is 2.32. The van der Waals surface area contributed by atoms with Gasteiger partial charge in [-0.1, -0.05) is 15.9 Å². The number of hydrogen-bond acceptors (Lipinski definition) is 3. The minimum absolute atomic E-state index is 0.257. The topological polar surface area (TPSA) is 41.5 Å². The van der Waals surface area contributed by atoms with E-state index in [0.29, 0.717) is 6.54 Å². The first-order chi connectivity index (χ1) is 8.43. The van der Waals surface area contributed by atoms with Crippen molar-refractivity contribution in [2.75, 3.05) is 7.11 Å². The van der Waals surface area contributed by atoms with Gasteiger partial charge in [-0.25, -0.2) is 0 Å². The van der Waals surface area contributed by atoms with E-state index >= 15 is 0 Å². The number of aliphatic hydroxyl groups excluding tert-OH is 1. The zero-order valence-electron chi connectivity index (χ0n) is 10.8. The molecule has 5 heteroatoms. The Morgan fingerprint density at radius 2 is 2.00 bits per heavy atom. The lowest BCUT2D eigenvalue weighted by molar-refractivity contribution is 0.170. The largest absolute Gasteiger partial charge is 0.495 e. The minimum atomic E-state index is -0.288. The van der Waals surface area contributed by atoms with Gasteiger partial charge in [-0.15, -0.1) is 0 Å². The number of rotatable bonds is 6. The van der Waals surface area contributed by atoms with Crippen LogP contribution in [-0.2, 0) is 6.54 Å². The summed E-state index contributed by atoms with van der Waals surface area (Å²) >= 11 is 6.95. The Hall–Kier alpha value is -0.100. The number of ether oxygens (including phenoxy) is 1. The summed E-state index contributed by atoms with van der Waals surface area (Å²) in [6.07, 6.45) is 0.445. The molecule has 0 amide bonds. The molecule has 3 nitrogen and oxygen atoms in total. The zero-order valence-corrected chi connectivity index (χ0v) is 14.0. The van der Waals surface area contributed by atoms with E-state index in [9.17, 15) is 5.11 Å². The Labute approximate surface area is 125 Å². The van der Waals surface area contributed by atoms with Crippen molar-refractivity contribution in [2.45, 2.75) is 39.0 Å². The molecule has 0 fully saturated rings. The van der Waals surface area contributed by atoms with Gasteiger partial charge in [0.1, 0.15) is 5.75 Å². The van der Waals surface area contributed by atoms with Gasteiger partial charge in [-0.2, -0.15) is 0 Å². The van der Waals surface area contributed by atoms with Gasteiger partial charge in [0.2, 0.25) is 0 Å². The summed E-state index contributed by atoms with van der Waals surface area (Å²) in [4.78, 5) is 0.